The van der Waals surface area contributed by atoms with Gasteiger partial charge in [-0.2, -0.15) is 0 Å². The van der Waals surface area contributed by atoms with Crippen molar-refractivity contribution in [3.8, 4) is 5.75 Å². The zero-order chi connectivity index (χ0) is 15.4. The van der Waals surface area contributed by atoms with Crippen LogP contribution in [0.3, 0.4) is 0 Å². The molecule has 2 aromatic carbocycles. The van der Waals surface area contributed by atoms with Crippen LogP contribution in [-0.2, 0) is 11.2 Å². The number of anilines is 2. The molecule has 0 bridgehead atoms. The molecular formula is C18H20N2O2. The number of benzene rings is 2. The zero-order valence-electron chi connectivity index (χ0n) is 12.7. The minimum Gasteiger partial charge on any atom is -0.482 e. The number of hydrogen-bond donors (Lipinski definition) is 2. The van der Waals surface area contributed by atoms with E-state index in [1.807, 2.05) is 43.3 Å². The molecule has 2 aromatic rings. The van der Waals surface area contributed by atoms with E-state index < -0.39 is 0 Å². The molecule has 4 heteroatoms. The van der Waals surface area contributed by atoms with Gasteiger partial charge in [0.2, 0.25) is 0 Å². The predicted molar refractivity (Wildman–Crippen MR) is 88.6 cm³/mol. The van der Waals surface area contributed by atoms with Gasteiger partial charge in [0.25, 0.3) is 5.91 Å². The second-order valence-electron chi connectivity index (χ2n) is 5.52. The second kappa shape index (κ2) is 6.52. The minimum atomic E-state index is -0.155. The fourth-order valence-corrected chi connectivity index (χ4v) is 2.58. The average Bonchev–Trinajstić information content (AvgIpc) is 2.55. The summed E-state index contributed by atoms with van der Waals surface area (Å²) in [6, 6.07) is 13.7. The first-order valence-electron chi connectivity index (χ1n) is 7.57. The van der Waals surface area contributed by atoms with Crippen LogP contribution in [-0.4, -0.2) is 19.1 Å². The van der Waals surface area contributed by atoms with E-state index in [-0.39, 0.29) is 12.5 Å². The Balaban J connectivity index is 1.60. The van der Waals surface area contributed by atoms with Crippen LogP contribution in [0, 0.1) is 6.92 Å². The fourth-order valence-electron chi connectivity index (χ4n) is 2.58. The highest BCUT2D eigenvalue weighted by Gasteiger charge is 2.14. The summed E-state index contributed by atoms with van der Waals surface area (Å²) in [7, 11) is 0. The quantitative estimate of drug-likeness (QED) is 0.909. The van der Waals surface area contributed by atoms with Gasteiger partial charge in [0, 0.05) is 12.2 Å². The molecule has 3 rings (SSSR count). The summed E-state index contributed by atoms with van der Waals surface area (Å²) in [5.41, 5.74) is 4.23. The van der Waals surface area contributed by atoms with Crippen molar-refractivity contribution in [1.82, 2.24) is 0 Å². The summed E-state index contributed by atoms with van der Waals surface area (Å²) in [6.45, 7) is 2.97. The molecule has 0 radical (unpaired) electrons. The van der Waals surface area contributed by atoms with Crippen LogP contribution in [0.5, 0.6) is 5.75 Å². The van der Waals surface area contributed by atoms with Crippen LogP contribution in [0.1, 0.15) is 17.5 Å². The van der Waals surface area contributed by atoms with Gasteiger partial charge in [-0.3, -0.25) is 4.79 Å². The third-order valence-electron chi connectivity index (χ3n) is 3.73. The van der Waals surface area contributed by atoms with Crippen molar-refractivity contribution in [1.29, 1.82) is 0 Å². The SMILES string of the molecule is Cc1ccc(NC(=O)COc2cccc3c2NCCC3)cc1. The van der Waals surface area contributed by atoms with E-state index in [0.717, 1.165) is 42.1 Å². The van der Waals surface area contributed by atoms with E-state index in [1.165, 1.54) is 5.56 Å². The summed E-state index contributed by atoms with van der Waals surface area (Å²) in [4.78, 5) is 12.0. The van der Waals surface area contributed by atoms with Gasteiger partial charge in [-0.15, -0.1) is 0 Å². The van der Waals surface area contributed by atoms with E-state index in [1.54, 1.807) is 0 Å². The van der Waals surface area contributed by atoms with Gasteiger partial charge in [0.15, 0.2) is 6.61 Å². The number of carbonyl (C=O) groups is 1. The van der Waals surface area contributed by atoms with Gasteiger partial charge in [-0.1, -0.05) is 29.8 Å². The molecule has 4 nitrogen and oxygen atoms in total. The number of ether oxygens (including phenoxy) is 1. The maximum absolute atomic E-state index is 12.0. The van der Waals surface area contributed by atoms with Gasteiger partial charge in [-0.25, -0.2) is 0 Å². The predicted octanol–water partition coefficient (Wildman–Crippen LogP) is 3.37. The summed E-state index contributed by atoms with van der Waals surface area (Å²) in [5, 5.41) is 6.19. The zero-order valence-corrected chi connectivity index (χ0v) is 12.7. The Morgan fingerprint density at radius 3 is 2.86 bits per heavy atom. The van der Waals surface area contributed by atoms with Crippen LogP contribution < -0.4 is 15.4 Å². The van der Waals surface area contributed by atoms with Crippen LogP contribution in [0.2, 0.25) is 0 Å². The highest BCUT2D eigenvalue weighted by molar-refractivity contribution is 5.92. The Hall–Kier alpha value is -2.49. The number of aryl methyl sites for hydroxylation is 2. The van der Waals surface area contributed by atoms with Crippen LogP contribution in [0.15, 0.2) is 42.5 Å². The maximum atomic E-state index is 12.0. The normalized spacial score (nSPS) is 13.0. The summed E-state index contributed by atoms with van der Waals surface area (Å²) >= 11 is 0. The van der Waals surface area contributed by atoms with Crippen molar-refractivity contribution in [2.75, 3.05) is 23.8 Å². The van der Waals surface area contributed by atoms with Gasteiger partial charge in [0.05, 0.1) is 5.69 Å². The molecule has 0 atom stereocenters. The van der Waals surface area contributed by atoms with Gasteiger partial charge >= 0.3 is 0 Å². The van der Waals surface area contributed by atoms with Crippen molar-refractivity contribution in [2.24, 2.45) is 0 Å². The largest absolute Gasteiger partial charge is 0.482 e. The Labute approximate surface area is 130 Å². The summed E-state index contributed by atoms with van der Waals surface area (Å²) in [5.74, 6) is 0.591. The highest BCUT2D eigenvalue weighted by Crippen LogP contribution is 2.31. The van der Waals surface area contributed by atoms with E-state index in [0.29, 0.717) is 0 Å². The molecule has 0 unspecified atom stereocenters. The van der Waals surface area contributed by atoms with Gasteiger partial charge in [0.1, 0.15) is 5.75 Å². The molecular weight excluding hydrogens is 276 g/mol. The number of para-hydroxylation sites is 1. The Kier molecular flexibility index (Phi) is 4.28. The first-order chi connectivity index (χ1) is 10.7. The van der Waals surface area contributed by atoms with Gasteiger partial charge < -0.3 is 15.4 Å². The lowest BCUT2D eigenvalue weighted by molar-refractivity contribution is -0.118. The third kappa shape index (κ3) is 3.39. The molecule has 2 N–H and O–H groups in total. The molecule has 0 aromatic heterocycles. The minimum absolute atomic E-state index is 0.00596. The van der Waals surface area contributed by atoms with Crippen molar-refractivity contribution >= 4 is 17.3 Å². The van der Waals surface area contributed by atoms with Crippen LogP contribution in [0.4, 0.5) is 11.4 Å². The Morgan fingerprint density at radius 1 is 1.23 bits per heavy atom. The van der Waals surface area contributed by atoms with Crippen molar-refractivity contribution < 1.29 is 9.53 Å². The number of amides is 1. The van der Waals surface area contributed by atoms with Crippen LogP contribution >= 0.6 is 0 Å². The number of carbonyl (C=O) groups excluding carboxylic acids is 1. The topological polar surface area (TPSA) is 50.4 Å². The maximum Gasteiger partial charge on any atom is 0.262 e. The lowest BCUT2D eigenvalue weighted by Crippen LogP contribution is -2.21. The standard InChI is InChI=1S/C18H20N2O2/c1-13-7-9-15(10-8-13)20-17(21)12-22-16-6-2-4-14-5-3-11-19-18(14)16/h2,4,6-10,19H,3,5,11-12H2,1H3,(H,20,21). The second-order valence-corrected chi connectivity index (χ2v) is 5.52. The van der Waals surface area contributed by atoms with E-state index >= 15 is 0 Å². The number of fused-ring (bicyclic) bond motifs is 1. The molecule has 0 saturated heterocycles. The molecule has 0 aliphatic carbocycles. The molecule has 0 fully saturated rings. The van der Waals surface area contributed by atoms with Crippen molar-refractivity contribution in [2.45, 2.75) is 19.8 Å². The molecule has 1 aliphatic heterocycles. The summed E-state index contributed by atoms with van der Waals surface area (Å²) < 4.78 is 5.69. The third-order valence-corrected chi connectivity index (χ3v) is 3.73. The molecule has 1 heterocycles. The molecule has 0 spiro atoms. The number of rotatable bonds is 4. The van der Waals surface area contributed by atoms with Crippen molar-refractivity contribution in [3.63, 3.8) is 0 Å². The van der Waals surface area contributed by atoms with E-state index in [9.17, 15) is 4.79 Å². The average molecular weight is 296 g/mol. The fraction of sp³-hybridized carbons (Fsp3) is 0.278. The first kappa shape index (κ1) is 14.4. The molecule has 22 heavy (non-hydrogen) atoms. The molecule has 114 valence electrons. The van der Waals surface area contributed by atoms with Crippen LogP contribution in [0.25, 0.3) is 0 Å². The Bertz CT molecular complexity index is 665. The molecule has 1 amide bonds. The smallest absolute Gasteiger partial charge is 0.262 e. The highest BCUT2D eigenvalue weighted by atomic mass is 16.5. The lowest BCUT2D eigenvalue weighted by Gasteiger charge is -2.21. The molecule has 1 aliphatic rings. The number of hydrogen-bond acceptors (Lipinski definition) is 3. The Morgan fingerprint density at radius 2 is 2.05 bits per heavy atom. The monoisotopic (exact) mass is 296 g/mol. The van der Waals surface area contributed by atoms with Gasteiger partial charge in [-0.05, 0) is 43.5 Å². The lowest BCUT2D eigenvalue weighted by atomic mass is 10.0. The number of nitrogens with one attached hydrogen (secondary N) is 2. The first-order valence-corrected chi connectivity index (χ1v) is 7.57. The molecule has 0 saturated carbocycles. The summed E-state index contributed by atoms with van der Waals surface area (Å²) in [6.07, 6.45) is 2.18. The van der Waals surface area contributed by atoms with E-state index in [2.05, 4.69) is 16.7 Å². The van der Waals surface area contributed by atoms with E-state index in [4.69, 9.17) is 4.74 Å². The van der Waals surface area contributed by atoms with Crippen molar-refractivity contribution in [3.05, 3.63) is 53.6 Å².